The van der Waals surface area contributed by atoms with Gasteiger partial charge in [0, 0.05) is 0 Å². The number of benzene rings is 1. The molecule has 0 fully saturated rings. The zero-order valence-electron chi connectivity index (χ0n) is 11.1. The molecular weight excluding hydrogens is 324 g/mol. The number of Topliss-reactive ketones (excluding diaryl/α,β-unsaturated/α-hetero) is 1. The van der Waals surface area contributed by atoms with E-state index in [1.165, 1.54) is 18.0 Å². The monoisotopic (exact) mass is 336 g/mol. The van der Waals surface area contributed by atoms with Gasteiger partial charge in [0.1, 0.15) is 10.2 Å². The molecule has 1 heterocycles. The number of halogens is 1. The van der Waals surface area contributed by atoms with Crippen molar-refractivity contribution in [2.45, 2.75) is 13.5 Å². The van der Waals surface area contributed by atoms with Crippen molar-refractivity contribution in [2.24, 2.45) is 0 Å². The van der Waals surface area contributed by atoms with Crippen LogP contribution in [-0.2, 0) is 6.54 Å². The van der Waals surface area contributed by atoms with Crippen LogP contribution >= 0.6 is 15.9 Å². The lowest BCUT2D eigenvalue weighted by Gasteiger charge is -2.09. The maximum atomic E-state index is 12.3. The van der Waals surface area contributed by atoms with Gasteiger partial charge in [-0.25, -0.2) is 4.98 Å². The van der Waals surface area contributed by atoms with Crippen molar-refractivity contribution in [3.05, 3.63) is 56.7 Å². The van der Waals surface area contributed by atoms with E-state index in [-0.39, 0.29) is 17.9 Å². The molecule has 0 N–H and O–H groups in total. The van der Waals surface area contributed by atoms with Crippen LogP contribution in [0.5, 0.6) is 5.75 Å². The summed E-state index contributed by atoms with van der Waals surface area (Å²) in [6.45, 7) is 1.64. The molecule has 0 spiro atoms. The Morgan fingerprint density at radius 1 is 1.40 bits per heavy atom. The topological polar surface area (TPSA) is 61.2 Å². The first-order chi connectivity index (χ1) is 9.54. The number of methoxy groups -OCH3 is 1. The van der Waals surface area contributed by atoms with Gasteiger partial charge in [0.05, 0.1) is 31.2 Å². The number of aromatic nitrogens is 2. The quantitative estimate of drug-likeness (QED) is 0.803. The third-order valence-electron chi connectivity index (χ3n) is 2.88. The summed E-state index contributed by atoms with van der Waals surface area (Å²) in [6.07, 6.45) is 1.37. The molecule has 0 bridgehead atoms. The first kappa shape index (κ1) is 14.5. The molecule has 0 radical (unpaired) electrons. The summed E-state index contributed by atoms with van der Waals surface area (Å²) in [5, 5.41) is 0. The lowest BCUT2D eigenvalue weighted by Crippen LogP contribution is -2.26. The summed E-state index contributed by atoms with van der Waals surface area (Å²) in [6, 6.07) is 6.91. The van der Waals surface area contributed by atoms with Crippen molar-refractivity contribution >= 4 is 21.7 Å². The molecule has 20 heavy (non-hydrogen) atoms. The number of para-hydroxylation sites is 1. The van der Waals surface area contributed by atoms with E-state index in [1.807, 2.05) is 0 Å². The van der Waals surface area contributed by atoms with Gasteiger partial charge in [-0.15, -0.1) is 0 Å². The fourth-order valence-corrected chi connectivity index (χ4v) is 2.10. The molecule has 0 atom stereocenters. The molecule has 0 aliphatic heterocycles. The molecule has 0 aliphatic carbocycles. The summed E-state index contributed by atoms with van der Waals surface area (Å²) in [4.78, 5) is 28.3. The summed E-state index contributed by atoms with van der Waals surface area (Å²) >= 11 is 3.17. The Balaban J connectivity index is 2.33. The van der Waals surface area contributed by atoms with Crippen LogP contribution in [0.3, 0.4) is 0 Å². The van der Waals surface area contributed by atoms with E-state index in [0.29, 0.717) is 21.5 Å². The van der Waals surface area contributed by atoms with Gasteiger partial charge < -0.3 is 4.74 Å². The number of hydrogen-bond acceptors (Lipinski definition) is 4. The maximum absolute atomic E-state index is 12.3. The Labute approximate surface area is 124 Å². The molecule has 5 nitrogen and oxygen atoms in total. The van der Waals surface area contributed by atoms with E-state index >= 15 is 0 Å². The molecule has 104 valence electrons. The predicted molar refractivity (Wildman–Crippen MR) is 78.3 cm³/mol. The van der Waals surface area contributed by atoms with Gasteiger partial charge in [-0.2, -0.15) is 0 Å². The van der Waals surface area contributed by atoms with Gasteiger partial charge >= 0.3 is 0 Å². The van der Waals surface area contributed by atoms with Crippen LogP contribution in [0, 0.1) is 6.92 Å². The highest BCUT2D eigenvalue weighted by molar-refractivity contribution is 9.10. The Bertz CT molecular complexity index is 710. The van der Waals surface area contributed by atoms with E-state index in [0.717, 1.165) is 0 Å². The van der Waals surface area contributed by atoms with Crippen LogP contribution in [0.25, 0.3) is 0 Å². The number of ketones is 1. The van der Waals surface area contributed by atoms with Gasteiger partial charge in [-0.1, -0.05) is 12.1 Å². The minimum absolute atomic E-state index is 0.0783. The SMILES string of the molecule is COc1ccccc1C(=O)Cn1cnc(C)c(Br)c1=O. The molecule has 0 amide bonds. The average molecular weight is 337 g/mol. The van der Waals surface area contributed by atoms with Crippen molar-refractivity contribution in [1.82, 2.24) is 9.55 Å². The number of rotatable bonds is 4. The normalized spacial score (nSPS) is 10.3. The molecule has 0 saturated carbocycles. The smallest absolute Gasteiger partial charge is 0.268 e. The molecule has 0 saturated heterocycles. The minimum atomic E-state index is -0.277. The van der Waals surface area contributed by atoms with Crippen LogP contribution in [0.2, 0.25) is 0 Å². The average Bonchev–Trinajstić information content (AvgIpc) is 2.47. The van der Waals surface area contributed by atoms with Crippen LogP contribution < -0.4 is 10.3 Å². The van der Waals surface area contributed by atoms with Crippen LogP contribution in [0.4, 0.5) is 0 Å². The number of aryl methyl sites for hydroxylation is 1. The summed E-state index contributed by atoms with van der Waals surface area (Å²) in [5.74, 6) is 0.284. The molecule has 2 aromatic rings. The van der Waals surface area contributed by atoms with Gasteiger partial charge in [-0.05, 0) is 35.0 Å². The zero-order chi connectivity index (χ0) is 14.7. The molecule has 1 aromatic heterocycles. The lowest BCUT2D eigenvalue weighted by molar-refractivity contribution is 0.0967. The molecular formula is C14H13BrN2O3. The fourth-order valence-electron chi connectivity index (χ4n) is 1.77. The van der Waals surface area contributed by atoms with Crippen molar-refractivity contribution in [2.75, 3.05) is 7.11 Å². The second-order valence-corrected chi connectivity index (χ2v) is 4.99. The van der Waals surface area contributed by atoms with Gasteiger partial charge in [0.2, 0.25) is 0 Å². The van der Waals surface area contributed by atoms with Gasteiger partial charge in [0.25, 0.3) is 5.56 Å². The number of carbonyl (C=O) groups excluding carboxylic acids is 1. The van der Waals surface area contributed by atoms with Gasteiger partial charge in [0.15, 0.2) is 5.78 Å². The first-order valence-corrected chi connectivity index (χ1v) is 6.71. The second-order valence-electron chi connectivity index (χ2n) is 4.20. The molecule has 2 rings (SSSR count). The zero-order valence-corrected chi connectivity index (χ0v) is 12.7. The summed E-state index contributed by atoms with van der Waals surface area (Å²) in [5.41, 5.74) is 0.760. The van der Waals surface area contributed by atoms with E-state index in [1.54, 1.807) is 31.2 Å². The van der Waals surface area contributed by atoms with E-state index in [2.05, 4.69) is 20.9 Å². The van der Waals surface area contributed by atoms with Crippen LogP contribution in [0.1, 0.15) is 16.1 Å². The van der Waals surface area contributed by atoms with Crippen molar-refractivity contribution < 1.29 is 9.53 Å². The van der Waals surface area contributed by atoms with Crippen molar-refractivity contribution in [3.8, 4) is 5.75 Å². The van der Waals surface area contributed by atoms with E-state index in [4.69, 9.17) is 4.74 Å². The highest BCUT2D eigenvalue weighted by Gasteiger charge is 2.14. The Morgan fingerprint density at radius 2 is 2.10 bits per heavy atom. The fraction of sp³-hybridized carbons (Fsp3) is 0.214. The molecule has 0 aliphatic rings. The summed E-state index contributed by atoms with van der Waals surface area (Å²) in [7, 11) is 1.50. The van der Waals surface area contributed by atoms with Crippen molar-refractivity contribution in [3.63, 3.8) is 0 Å². The summed E-state index contributed by atoms with van der Waals surface area (Å²) < 4.78 is 6.78. The number of hydrogen-bond donors (Lipinski definition) is 0. The largest absolute Gasteiger partial charge is 0.496 e. The van der Waals surface area contributed by atoms with Crippen LogP contribution in [0.15, 0.2) is 39.9 Å². The number of nitrogens with zero attached hydrogens (tertiary/aromatic N) is 2. The Hall–Kier alpha value is -1.95. The number of carbonyl (C=O) groups is 1. The Kier molecular flexibility index (Phi) is 4.34. The number of ether oxygens (including phenoxy) is 1. The maximum Gasteiger partial charge on any atom is 0.268 e. The van der Waals surface area contributed by atoms with Crippen molar-refractivity contribution in [1.29, 1.82) is 0 Å². The minimum Gasteiger partial charge on any atom is -0.496 e. The second kappa shape index (κ2) is 6.00. The van der Waals surface area contributed by atoms with Gasteiger partial charge in [-0.3, -0.25) is 14.2 Å². The third-order valence-corrected chi connectivity index (χ3v) is 3.79. The first-order valence-electron chi connectivity index (χ1n) is 5.92. The van der Waals surface area contributed by atoms with E-state index < -0.39 is 0 Å². The lowest BCUT2D eigenvalue weighted by atomic mass is 10.1. The highest BCUT2D eigenvalue weighted by Crippen LogP contribution is 2.18. The molecule has 1 aromatic carbocycles. The van der Waals surface area contributed by atoms with E-state index in [9.17, 15) is 9.59 Å². The Morgan fingerprint density at radius 3 is 2.80 bits per heavy atom. The standard InChI is InChI=1S/C14H13BrN2O3/c1-9-13(15)14(19)17(8-16-9)7-11(18)10-5-3-4-6-12(10)20-2/h3-6,8H,7H2,1-2H3. The highest BCUT2D eigenvalue weighted by atomic mass is 79.9. The van der Waals surface area contributed by atoms with Crippen LogP contribution in [-0.4, -0.2) is 22.4 Å². The molecule has 0 unspecified atom stereocenters. The molecule has 6 heteroatoms. The third kappa shape index (κ3) is 2.80. The predicted octanol–water partition coefficient (Wildman–Crippen LogP) is 2.21.